The van der Waals surface area contributed by atoms with Crippen LogP contribution in [0.25, 0.3) is 0 Å². The molecule has 110 valence electrons. The summed E-state index contributed by atoms with van der Waals surface area (Å²) in [5.74, 6) is -1.95. The van der Waals surface area contributed by atoms with E-state index in [9.17, 15) is 18.0 Å². The molecule has 0 radical (unpaired) electrons. The van der Waals surface area contributed by atoms with Gasteiger partial charge in [0.2, 0.25) is 10.0 Å². The standard InChI is InChI=1S/C12H16N2O5S/c1-2-14(7-11(15)16)12(17)10-5-3-4-9(6-10)8-20(13,18)19/h3-6H,2,7-8H2,1H3,(H,15,16)(H2,13,18,19). The van der Waals surface area contributed by atoms with Crippen molar-refractivity contribution in [3.63, 3.8) is 0 Å². The van der Waals surface area contributed by atoms with Crippen molar-refractivity contribution in [3.05, 3.63) is 35.4 Å². The van der Waals surface area contributed by atoms with E-state index in [1.54, 1.807) is 6.92 Å². The van der Waals surface area contributed by atoms with Crippen LogP contribution in [0.4, 0.5) is 0 Å². The summed E-state index contributed by atoms with van der Waals surface area (Å²) in [5.41, 5.74) is 0.610. The van der Waals surface area contributed by atoms with Gasteiger partial charge in [0.1, 0.15) is 6.54 Å². The molecule has 0 aliphatic carbocycles. The zero-order chi connectivity index (χ0) is 15.3. The number of sulfonamides is 1. The molecule has 0 heterocycles. The monoisotopic (exact) mass is 300 g/mol. The third-order valence-electron chi connectivity index (χ3n) is 2.54. The molecule has 3 N–H and O–H groups in total. The smallest absolute Gasteiger partial charge is 0.323 e. The number of likely N-dealkylation sites (N-methyl/N-ethyl adjacent to an activating group) is 1. The molecule has 1 aromatic rings. The van der Waals surface area contributed by atoms with Crippen LogP contribution in [-0.4, -0.2) is 43.4 Å². The molecular weight excluding hydrogens is 284 g/mol. The molecule has 0 aliphatic rings. The maximum atomic E-state index is 12.1. The lowest BCUT2D eigenvalue weighted by atomic mass is 10.1. The van der Waals surface area contributed by atoms with Crippen molar-refractivity contribution >= 4 is 21.9 Å². The molecule has 0 saturated heterocycles. The molecule has 0 unspecified atom stereocenters. The first kappa shape index (κ1) is 16.1. The summed E-state index contributed by atoms with van der Waals surface area (Å²) in [7, 11) is -3.68. The minimum Gasteiger partial charge on any atom is -0.480 e. The summed E-state index contributed by atoms with van der Waals surface area (Å²) in [4.78, 5) is 23.9. The second kappa shape index (κ2) is 6.49. The number of carbonyl (C=O) groups excluding carboxylic acids is 1. The first-order chi connectivity index (χ1) is 9.23. The third kappa shape index (κ3) is 4.98. The summed E-state index contributed by atoms with van der Waals surface area (Å²) >= 11 is 0. The second-order valence-corrected chi connectivity index (χ2v) is 5.84. The lowest BCUT2D eigenvalue weighted by molar-refractivity contribution is -0.137. The summed E-state index contributed by atoms with van der Waals surface area (Å²) in [6.07, 6.45) is 0. The summed E-state index contributed by atoms with van der Waals surface area (Å²) in [6, 6.07) is 5.97. The van der Waals surface area contributed by atoms with Gasteiger partial charge in [-0.05, 0) is 24.6 Å². The molecule has 1 amide bonds. The molecule has 0 atom stereocenters. The Morgan fingerprint density at radius 2 is 2.00 bits per heavy atom. The number of nitrogens with two attached hydrogens (primary N) is 1. The first-order valence-corrected chi connectivity index (χ1v) is 7.55. The minimum absolute atomic E-state index is 0.231. The van der Waals surface area contributed by atoms with Crippen molar-refractivity contribution in [1.29, 1.82) is 0 Å². The minimum atomic E-state index is -3.68. The topological polar surface area (TPSA) is 118 Å². The first-order valence-electron chi connectivity index (χ1n) is 5.83. The van der Waals surface area contributed by atoms with Gasteiger partial charge in [0, 0.05) is 12.1 Å². The highest BCUT2D eigenvalue weighted by Gasteiger charge is 2.17. The number of rotatable bonds is 6. The predicted molar refractivity (Wildman–Crippen MR) is 72.5 cm³/mol. The quantitative estimate of drug-likeness (QED) is 0.768. The number of aliphatic carboxylic acids is 1. The van der Waals surface area contributed by atoms with Gasteiger partial charge in [0.05, 0.1) is 5.75 Å². The van der Waals surface area contributed by atoms with Crippen LogP contribution in [0.2, 0.25) is 0 Å². The Morgan fingerprint density at radius 3 is 2.50 bits per heavy atom. The van der Waals surface area contributed by atoms with Gasteiger partial charge in [0.25, 0.3) is 5.91 Å². The normalized spacial score (nSPS) is 11.1. The average Bonchev–Trinajstić information content (AvgIpc) is 2.33. The zero-order valence-electron chi connectivity index (χ0n) is 10.9. The summed E-state index contributed by atoms with van der Waals surface area (Å²) in [5, 5.41) is 13.7. The maximum Gasteiger partial charge on any atom is 0.323 e. The van der Waals surface area contributed by atoms with E-state index >= 15 is 0 Å². The van der Waals surface area contributed by atoms with Gasteiger partial charge >= 0.3 is 5.97 Å². The van der Waals surface area contributed by atoms with Crippen LogP contribution in [0.3, 0.4) is 0 Å². The van der Waals surface area contributed by atoms with Crippen molar-refractivity contribution in [2.24, 2.45) is 5.14 Å². The molecule has 0 spiro atoms. The van der Waals surface area contributed by atoms with Crippen LogP contribution in [0.5, 0.6) is 0 Å². The predicted octanol–water partition coefficient (Wildman–Crippen LogP) is 0.0218. The number of carboxylic acid groups (broad SMARTS) is 1. The van der Waals surface area contributed by atoms with E-state index in [-0.39, 0.29) is 17.9 Å². The van der Waals surface area contributed by atoms with E-state index in [1.807, 2.05) is 0 Å². The van der Waals surface area contributed by atoms with Crippen LogP contribution < -0.4 is 5.14 Å². The Morgan fingerprint density at radius 1 is 1.35 bits per heavy atom. The van der Waals surface area contributed by atoms with E-state index in [2.05, 4.69) is 0 Å². The number of carboxylic acids is 1. The van der Waals surface area contributed by atoms with Gasteiger partial charge in [-0.1, -0.05) is 12.1 Å². The Labute approximate surface area is 117 Å². The third-order valence-corrected chi connectivity index (χ3v) is 3.27. The van der Waals surface area contributed by atoms with Gasteiger partial charge in [-0.3, -0.25) is 9.59 Å². The molecule has 20 heavy (non-hydrogen) atoms. The average molecular weight is 300 g/mol. The van der Waals surface area contributed by atoms with Gasteiger partial charge in [-0.25, -0.2) is 13.6 Å². The molecule has 0 fully saturated rings. The van der Waals surface area contributed by atoms with Gasteiger partial charge in [-0.15, -0.1) is 0 Å². The maximum absolute atomic E-state index is 12.1. The highest BCUT2D eigenvalue weighted by atomic mass is 32.2. The fraction of sp³-hybridized carbons (Fsp3) is 0.333. The highest BCUT2D eigenvalue weighted by Crippen LogP contribution is 2.10. The number of carbonyl (C=O) groups is 2. The van der Waals surface area contributed by atoms with Crippen molar-refractivity contribution in [3.8, 4) is 0 Å². The van der Waals surface area contributed by atoms with Crippen LogP contribution in [0, 0.1) is 0 Å². The van der Waals surface area contributed by atoms with E-state index < -0.39 is 28.4 Å². The Balaban J connectivity index is 2.98. The molecule has 0 saturated carbocycles. The van der Waals surface area contributed by atoms with Gasteiger partial charge < -0.3 is 10.0 Å². The molecule has 0 bridgehead atoms. The fourth-order valence-electron chi connectivity index (χ4n) is 1.70. The van der Waals surface area contributed by atoms with Crippen LogP contribution in [-0.2, 0) is 20.6 Å². The number of primary sulfonamides is 1. The molecule has 7 nitrogen and oxygen atoms in total. The fourth-order valence-corrected chi connectivity index (χ4v) is 2.34. The largest absolute Gasteiger partial charge is 0.480 e. The van der Waals surface area contributed by atoms with Crippen LogP contribution in [0.1, 0.15) is 22.8 Å². The molecule has 1 aromatic carbocycles. The second-order valence-electron chi connectivity index (χ2n) is 4.22. The Hall–Kier alpha value is -1.93. The Kier molecular flexibility index (Phi) is 5.23. The number of amides is 1. The van der Waals surface area contributed by atoms with E-state index in [4.69, 9.17) is 10.2 Å². The summed E-state index contributed by atoms with van der Waals surface area (Å²) < 4.78 is 22.0. The number of benzene rings is 1. The van der Waals surface area contributed by atoms with Crippen LogP contribution >= 0.6 is 0 Å². The van der Waals surface area contributed by atoms with Crippen molar-refractivity contribution in [2.75, 3.05) is 13.1 Å². The van der Waals surface area contributed by atoms with Crippen molar-refractivity contribution < 1.29 is 23.1 Å². The lowest BCUT2D eigenvalue weighted by Gasteiger charge is -2.18. The van der Waals surface area contributed by atoms with E-state index in [1.165, 1.54) is 24.3 Å². The van der Waals surface area contributed by atoms with E-state index in [0.29, 0.717) is 5.56 Å². The van der Waals surface area contributed by atoms with Crippen molar-refractivity contribution in [2.45, 2.75) is 12.7 Å². The SMILES string of the molecule is CCN(CC(=O)O)C(=O)c1cccc(CS(N)(=O)=O)c1. The highest BCUT2D eigenvalue weighted by molar-refractivity contribution is 7.88. The zero-order valence-corrected chi connectivity index (χ0v) is 11.8. The molecule has 8 heteroatoms. The van der Waals surface area contributed by atoms with Crippen molar-refractivity contribution in [1.82, 2.24) is 4.90 Å². The number of hydrogen-bond donors (Lipinski definition) is 2. The number of nitrogens with zero attached hydrogens (tertiary/aromatic N) is 1. The molecular formula is C12H16N2O5S. The number of hydrogen-bond acceptors (Lipinski definition) is 4. The van der Waals surface area contributed by atoms with Gasteiger partial charge in [-0.2, -0.15) is 0 Å². The van der Waals surface area contributed by atoms with Crippen LogP contribution in [0.15, 0.2) is 24.3 Å². The molecule has 1 rings (SSSR count). The van der Waals surface area contributed by atoms with E-state index in [0.717, 1.165) is 4.90 Å². The van der Waals surface area contributed by atoms with Gasteiger partial charge in [0.15, 0.2) is 0 Å². The summed E-state index contributed by atoms with van der Waals surface area (Å²) in [6.45, 7) is 1.49. The lowest BCUT2D eigenvalue weighted by Crippen LogP contribution is -2.35. The molecule has 0 aromatic heterocycles. The Bertz CT molecular complexity index is 612. The molecule has 0 aliphatic heterocycles.